The fraction of sp³-hybridized carbons (Fsp3) is 0.350. The summed E-state index contributed by atoms with van der Waals surface area (Å²) in [6.07, 6.45) is 7.66. The summed E-state index contributed by atoms with van der Waals surface area (Å²) < 4.78 is 0. The zero-order chi connectivity index (χ0) is 17.6. The number of hydrogen-bond acceptors (Lipinski definition) is 3. The lowest BCUT2D eigenvalue weighted by Gasteiger charge is -2.27. The molecular formula is C20H21N3O2. The Kier molecular flexibility index (Phi) is 3.79. The maximum Gasteiger partial charge on any atom is 0.227 e. The van der Waals surface area contributed by atoms with E-state index in [1.807, 2.05) is 25.4 Å². The van der Waals surface area contributed by atoms with Crippen molar-refractivity contribution in [1.29, 1.82) is 0 Å². The van der Waals surface area contributed by atoms with Gasteiger partial charge in [-0.25, -0.2) is 0 Å². The Morgan fingerprint density at radius 1 is 1.24 bits per heavy atom. The normalized spacial score (nSPS) is 19.3. The van der Waals surface area contributed by atoms with Crippen LogP contribution in [0.4, 0.5) is 5.69 Å². The van der Waals surface area contributed by atoms with E-state index in [9.17, 15) is 9.59 Å². The third kappa shape index (κ3) is 2.60. The summed E-state index contributed by atoms with van der Waals surface area (Å²) in [7, 11) is 1.82. The van der Waals surface area contributed by atoms with Crippen molar-refractivity contribution in [1.82, 2.24) is 4.98 Å². The predicted molar refractivity (Wildman–Crippen MR) is 96.3 cm³/mol. The zero-order valence-corrected chi connectivity index (χ0v) is 14.3. The number of aromatic nitrogens is 1. The summed E-state index contributed by atoms with van der Waals surface area (Å²) >= 11 is 0. The van der Waals surface area contributed by atoms with Crippen LogP contribution < -0.4 is 10.6 Å². The van der Waals surface area contributed by atoms with Gasteiger partial charge in [0.15, 0.2) is 0 Å². The molecule has 1 aromatic carbocycles. The average molecular weight is 335 g/mol. The van der Waals surface area contributed by atoms with Crippen molar-refractivity contribution in [2.75, 3.05) is 11.9 Å². The van der Waals surface area contributed by atoms with E-state index in [2.05, 4.69) is 11.1 Å². The van der Waals surface area contributed by atoms with Gasteiger partial charge in [0, 0.05) is 37.1 Å². The first-order valence-electron chi connectivity index (χ1n) is 8.72. The highest BCUT2D eigenvalue weighted by atomic mass is 16.2. The smallest absolute Gasteiger partial charge is 0.227 e. The van der Waals surface area contributed by atoms with Gasteiger partial charge in [-0.15, -0.1) is 0 Å². The highest BCUT2D eigenvalue weighted by Crippen LogP contribution is 2.38. The second-order valence-corrected chi connectivity index (χ2v) is 6.90. The monoisotopic (exact) mass is 335 g/mol. The summed E-state index contributed by atoms with van der Waals surface area (Å²) in [5, 5.41) is 0. The SMILES string of the molecule is CN1C(=O)CCc2cc(-c3cncc4c3CCC[C@H]4C(N)=O)ccc21. The molecule has 128 valence electrons. The number of fused-ring (bicyclic) bond motifs is 2. The van der Waals surface area contributed by atoms with Crippen LogP contribution >= 0.6 is 0 Å². The Morgan fingerprint density at radius 3 is 2.88 bits per heavy atom. The number of carbonyl (C=O) groups excluding carboxylic acids is 2. The number of nitrogens with zero attached hydrogens (tertiary/aromatic N) is 2. The lowest BCUT2D eigenvalue weighted by Crippen LogP contribution is -2.31. The van der Waals surface area contributed by atoms with E-state index in [-0.39, 0.29) is 17.7 Å². The van der Waals surface area contributed by atoms with E-state index in [1.165, 1.54) is 11.1 Å². The van der Waals surface area contributed by atoms with Gasteiger partial charge in [-0.3, -0.25) is 14.6 Å². The summed E-state index contributed by atoms with van der Waals surface area (Å²) in [5.41, 5.74) is 12.1. The number of hydrogen-bond donors (Lipinski definition) is 1. The molecule has 0 saturated carbocycles. The van der Waals surface area contributed by atoms with Crippen LogP contribution in [0.25, 0.3) is 11.1 Å². The number of anilines is 1. The molecule has 5 nitrogen and oxygen atoms in total. The standard InChI is InChI=1S/C20H21N3O2/c1-23-18-7-5-12(9-13(18)6-8-19(23)24)16-10-22-11-17-14(16)3-2-4-15(17)20(21)25/h5,7,9-11,15H,2-4,6,8H2,1H3,(H2,21,25)/t15-/m1/s1. The Morgan fingerprint density at radius 2 is 2.08 bits per heavy atom. The first kappa shape index (κ1) is 15.8. The molecule has 5 heteroatoms. The lowest BCUT2D eigenvalue weighted by molar-refractivity contribution is -0.120. The molecule has 2 aliphatic rings. The van der Waals surface area contributed by atoms with E-state index >= 15 is 0 Å². The van der Waals surface area contributed by atoms with Crippen molar-refractivity contribution in [2.45, 2.75) is 38.0 Å². The van der Waals surface area contributed by atoms with E-state index in [0.717, 1.165) is 48.1 Å². The van der Waals surface area contributed by atoms with E-state index in [0.29, 0.717) is 6.42 Å². The van der Waals surface area contributed by atoms with Gasteiger partial charge in [0.1, 0.15) is 0 Å². The number of primary amides is 1. The van der Waals surface area contributed by atoms with Gasteiger partial charge < -0.3 is 10.6 Å². The molecule has 4 rings (SSSR count). The second-order valence-electron chi connectivity index (χ2n) is 6.90. The molecule has 25 heavy (non-hydrogen) atoms. The second kappa shape index (κ2) is 5.99. The van der Waals surface area contributed by atoms with Crippen LogP contribution in [0, 0.1) is 0 Å². The van der Waals surface area contributed by atoms with Gasteiger partial charge in [-0.2, -0.15) is 0 Å². The number of pyridine rings is 1. The molecule has 1 aliphatic heterocycles. The number of aryl methyl sites for hydroxylation is 1. The molecule has 0 bridgehead atoms. The van der Waals surface area contributed by atoms with Crippen molar-refractivity contribution >= 4 is 17.5 Å². The van der Waals surface area contributed by atoms with E-state index in [4.69, 9.17) is 5.73 Å². The van der Waals surface area contributed by atoms with Gasteiger partial charge in [0.05, 0.1) is 5.92 Å². The number of nitrogens with two attached hydrogens (primary N) is 1. The Labute approximate surface area is 146 Å². The molecule has 1 aliphatic carbocycles. The quantitative estimate of drug-likeness (QED) is 0.916. The van der Waals surface area contributed by atoms with Gasteiger partial charge in [-0.05, 0) is 60.1 Å². The Hall–Kier alpha value is -2.69. The van der Waals surface area contributed by atoms with E-state index < -0.39 is 0 Å². The molecule has 0 spiro atoms. The van der Waals surface area contributed by atoms with Crippen molar-refractivity contribution in [3.63, 3.8) is 0 Å². The van der Waals surface area contributed by atoms with Crippen molar-refractivity contribution in [3.05, 3.63) is 47.3 Å². The molecule has 2 aromatic rings. The summed E-state index contributed by atoms with van der Waals surface area (Å²) in [6, 6.07) is 6.21. The highest BCUT2D eigenvalue weighted by Gasteiger charge is 2.27. The summed E-state index contributed by atoms with van der Waals surface area (Å²) in [4.78, 5) is 29.8. The highest BCUT2D eigenvalue weighted by molar-refractivity contribution is 5.96. The fourth-order valence-corrected chi connectivity index (χ4v) is 4.09. The van der Waals surface area contributed by atoms with Crippen LogP contribution in [-0.2, 0) is 22.4 Å². The molecule has 2 N–H and O–H groups in total. The van der Waals surface area contributed by atoms with E-state index in [1.54, 1.807) is 11.1 Å². The number of benzene rings is 1. The minimum Gasteiger partial charge on any atom is -0.369 e. The molecule has 1 aromatic heterocycles. The molecule has 0 fully saturated rings. The van der Waals surface area contributed by atoms with Gasteiger partial charge in [0.25, 0.3) is 0 Å². The van der Waals surface area contributed by atoms with Crippen molar-refractivity contribution < 1.29 is 9.59 Å². The maximum absolute atomic E-state index is 11.9. The van der Waals surface area contributed by atoms with Gasteiger partial charge in [0.2, 0.25) is 11.8 Å². The molecule has 1 atom stereocenters. The molecule has 0 unspecified atom stereocenters. The van der Waals surface area contributed by atoms with Crippen LogP contribution in [-0.4, -0.2) is 23.8 Å². The van der Waals surface area contributed by atoms with Crippen LogP contribution in [0.15, 0.2) is 30.6 Å². The van der Waals surface area contributed by atoms with Crippen LogP contribution in [0.1, 0.15) is 41.9 Å². The van der Waals surface area contributed by atoms with Gasteiger partial charge >= 0.3 is 0 Å². The lowest BCUT2D eigenvalue weighted by atomic mass is 9.80. The van der Waals surface area contributed by atoms with Gasteiger partial charge in [-0.1, -0.05) is 6.07 Å². The van der Waals surface area contributed by atoms with Crippen molar-refractivity contribution in [2.24, 2.45) is 5.73 Å². The van der Waals surface area contributed by atoms with Crippen LogP contribution in [0.3, 0.4) is 0 Å². The Balaban J connectivity index is 1.80. The minimum absolute atomic E-state index is 0.156. The number of amides is 2. The summed E-state index contributed by atoms with van der Waals surface area (Å²) in [6.45, 7) is 0. The zero-order valence-electron chi connectivity index (χ0n) is 14.3. The Bertz CT molecular complexity index is 875. The van der Waals surface area contributed by atoms with Crippen LogP contribution in [0.2, 0.25) is 0 Å². The van der Waals surface area contributed by atoms with Crippen molar-refractivity contribution in [3.8, 4) is 11.1 Å². The topological polar surface area (TPSA) is 76.3 Å². The largest absolute Gasteiger partial charge is 0.369 e. The molecule has 0 saturated heterocycles. The molecule has 0 radical (unpaired) electrons. The number of carbonyl (C=O) groups is 2. The number of rotatable bonds is 2. The molecule has 2 heterocycles. The first-order chi connectivity index (χ1) is 12.1. The third-order valence-corrected chi connectivity index (χ3v) is 5.46. The third-order valence-electron chi connectivity index (χ3n) is 5.46. The summed E-state index contributed by atoms with van der Waals surface area (Å²) in [5.74, 6) is -0.355. The maximum atomic E-state index is 11.9. The molecular weight excluding hydrogens is 314 g/mol. The first-order valence-corrected chi connectivity index (χ1v) is 8.72. The fourth-order valence-electron chi connectivity index (χ4n) is 4.09. The molecule has 2 amide bonds. The minimum atomic E-state index is -0.273. The predicted octanol–water partition coefficient (Wildman–Crippen LogP) is 2.56. The van der Waals surface area contributed by atoms with Crippen LogP contribution in [0.5, 0.6) is 0 Å². The average Bonchev–Trinajstić information content (AvgIpc) is 2.63.